The molecule has 3 N–H and O–H groups in total. The summed E-state index contributed by atoms with van der Waals surface area (Å²) in [4.78, 5) is 37.0. The van der Waals surface area contributed by atoms with E-state index in [0.29, 0.717) is 12.8 Å². The number of hydrogen-bond donors (Lipinski definition) is 3. The Morgan fingerprint density at radius 2 is 1.67 bits per heavy atom. The topological polar surface area (TPSA) is 114 Å². The van der Waals surface area contributed by atoms with E-state index < -0.39 is 35.0 Å². The van der Waals surface area contributed by atoms with Crippen LogP contribution in [0.3, 0.4) is 0 Å². The van der Waals surface area contributed by atoms with Crippen molar-refractivity contribution in [1.82, 2.24) is 10.6 Å². The Hall–Kier alpha value is -3.39. The van der Waals surface area contributed by atoms with Gasteiger partial charge in [-0.1, -0.05) is 48.5 Å². The smallest absolute Gasteiger partial charge is 0.407 e. The summed E-state index contributed by atoms with van der Waals surface area (Å²) in [6.07, 6.45) is 0.163. The van der Waals surface area contributed by atoms with Gasteiger partial charge in [-0.3, -0.25) is 4.79 Å². The maximum Gasteiger partial charge on any atom is 0.407 e. The number of ether oxygens (including phenoxy) is 2. The summed E-state index contributed by atoms with van der Waals surface area (Å²) >= 11 is 0. The fourth-order valence-electron chi connectivity index (χ4n) is 4.76. The first-order valence-electron chi connectivity index (χ1n) is 11.1. The molecule has 2 unspecified atom stereocenters. The minimum Gasteiger partial charge on any atom is -0.480 e. The molecule has 1 saturated carbocycles. The minimum atomic E-state index is -1.20. The highest BCUT2D eigenvalue weighted by Crippen LogP contribution is 2.44. The van der Waals surface area contributed by atoms with E-state index in [9.17, 15) is 19.5 Å². The van der Waals surface area contributed by atoms with Gasteiger partial charge in [0.05, 0.1) is 24.7 Å². The highest BCUT2D eigenvalue weighted by molar-refractivity contribution is 5.92. The second-order valence-corrected chi connectivity index (χ2v) is 9.30. The van der Waals surface area contributed by atoms with E-state index in [4.69, 9.17) is 9.47 Å². The number of carboxylic acid groups (broad SMARTS) is 1. The van der Waals surface area contributed by atoms with Gasteiger partial charge in [0.15, 0.2) is 0 Å². The van der Waals surface area contributed by atoms with Gasteiger partial charge >= 0.3 is 12.1 Å². The van der Waals surface area contributed by atoms with Gasteiger partial charge < -0.3 is 25.2 Å². The largest absolute Gasteiger partial charge is 0.480 e. The van der Waals surface area contributed by atoms with Crippen LogP contribution in [0, 0.1) is 5.41 Å². The fraction of sp³-hybridized carbons (Fsp3) is 0.400. The van der Waals surface area contributed by atoms with Crippen LogP contribution in [0.4, 0.5) is 4.79 Å². The molecule has 2 fully saturated rings. The third-order valence-electron chi connectivity index (χ3n) is 7.12. The normalized spacial score (nSPS) is 24.5. The number of fused-ring (bicyclic) bond motifs is 3. The molecule has 33 heavy (non-hydrogen) atoms. The molecule has 0 aromatic heterocycles. The Balaban J connectivity index is 1.24. The highest BCUT2D eigenvalue weighted by atomic mass is 16.5. The van der Waals surface area contributed by atoms with Crippen molar-refractivity contribution in [2.24, 2.45) is 5.41 Å². The van der Waals surface area contributed by atoms with Gasteiger partial charge in [-0.25, -0.2) is 9.59 Å². The number of rotatable bonds is 6. The molecule has 1 saturated heterocycles. The number of amides is 2. The Kier molecular flexibility index (Phi) is 5.12. The molecular formula is C25H26N2O6. The third-order valence-corrected chi connectivity index (χ3v) is 7.12. The quantitative estimate of drug-likeness (QED) is 0.624. The zero-order chi connectivity index (χ0) is 23.2. The van der Waals surface area contributed by atoms with Crippen molar-refractivity contribution in [2.75, 3.05) is 19.8 Å². The zero-order valence-corrected chi connectivity index (χ0v) is 18.3. The molecule has 2 aromatic rings. The van der Waals surface area contributed by atoms with Gasteiger partial charge in [-0.05, 0) is 42.0 Å². The van der Waals surface area contributed by atoms with Gasteiger partial charge in [-0.2, -0.15) is 0 Å². The van der Waals surface area contributed by atoms with Crippen LogP contribution in [0.2, 0.25) is 0 Å². The summed E-state index contributed by atoms with van der Waals surface area (Å²) in [5.74, 6) is -1.55. The minimum absolute atomic E-state index is 0.0667. The molecule has 8 heteroatoms. The molecule has 8 nitrogen and oxygen atoms in total. The summed E-state index contributed by atoms with van der Waals surface area (Å²) < 4.78 is 11.1. The average molecular weight is 450 g/mol. The molecule has 1 aliphatic heterocycles. The Labute approximate surface area is 191 Å². The zero-order valence-electron chi connectivity index (χ0n) is 18.3. The predicted octanol–water partition coefficient (Wildman–Crippen LogP) is 2.66. The lowest BCUT2D eigenvalue weighted by atomic mass is 9.84. The van der Waals surface area contributed by atoms with Crippen LogP contribution in [0.15, 0.2) is 48.5 Å². The van der Waals surface area contributed by atoms with E-state index in [0.717, 1.165) is 22.3 Å². The lowest BCUT2D eigenvalue weighted by molar-refractivity contribution is -0.145. The molecule has 2 atom stereocenters. The van der Waals surface area contributed by atoms with E-state index in [2.05, 4.69) is 22.8 Å². The number of aliphatic carboxylic acids is 1. The number of alkyl carbamates (subject to hydrolysis) is 1. The molecule has 1 heterocycles. The van der Waals surface area contributed by atoms with Gasteiger partial charge in [0, 0.05) is 5.92 Å². The summed E-state index contributed by atoms with van der Waals surface area (Å²) in [6.45, 7) is 2.07. The molecule has 2 amide bonds. The first-order chi connectivity index (χ1) is 15.8. The van der Waals surface area contributed by atoms with Crippen LogP contribution in [-0.2, 0) is 19.1 Å². The summed E-state index contributed by atoms with van der Waals surface area (Å²) in [6, 6.07) is 15.5. The molecule has 0 radical (unpaired) electrons. The monoisotopic (exact) mass is 450 g/mol. The third kappa shape index (κ3) is 3.64. The molecular weight excluding hydrogens is 424 g/mol. The summed E-state index contributed by atoms with van der Waals surface area (Å²) in [7, 11) is 0. The van der Waals surface area contributed by atoms with Crippen molar-refractivity contribution >= 4 is 18.0 Å². The molecule has 2 aliphatic carbocycles. The Morgan fingerprint density at radius 1 is 1.06 bits per heavy atom. The second kappa shape index (κ2) is 7.88. The number of nitrogens with one attached hydrogen (secondary N) is 2. The van der Waals surface area contributed by atoms with Crippen LogP contribution in [0.25, 0.3) is 11.1 Å². The maximum atomic E-state index is 12.9. The lowest BCUT2D eigenvalue weighted by Gasteiger charge is -2.30. The van der Waals surface area contributed by atoms with Crippen LogP contribution < -0.4 is 10.6 Å². The maximum absolute atomic E-state index is 12.9. The van der Waals surface area contributed by atoms with Crippen molar-refractivity contribution in [3.8, 4) is 11.1 Å². The van der Waals surface area contributed by atoms with Crippen LogP contribution in [0.1, 0.15) is 36.8 Å². The van der Waals surface area contributed by atoms with E-state index in [1.54, 1.807) is 6.92 Å². The lowest BCUT2D eigenvalue weighted by Crippen LogP contribution is -2.57. The van der Waals surface area contributed by atoms with Crippen LogP contribution in [0.5, 0.6) is 0 Å². The standard InChI is InChI=1S/C25H26N2O6/c1-24(21(28)27-25(10-11-25)22(29)30)14-32-13-20(24)26-23(31)33-12-19-17-8-4-2-6-15(17)16-7-3-5-9-18(16)19/h2-9,19-20H,10-14H2,1H3,(H,26,31)(H,27,28)(H,29,30). The van der Waals surface area contributed by atoms with Crippen molar-refractivity contribution in [1.29, 1.82) is 0 Å². The SMILES string of the molecule is CC1(C(=O)NC2(C(=O)O)CC2)COCC1NC(=O)OCC1c2ccccc2-c2ccccc21. The number of carbonyl (C=O) groups is 3. The first kappa shape index (κ1) is 21.5. The molecule has 0 spiro atoms. The molecule has 2 aromatic carbocycles. The van der Waals surface area contributed by atoms with Crippen molar-refractivity contribution in [3.05, 3.63) is 59.7 Å². The Bertz CT molecular complexity index is 1080. The second-order valence-electron chi connectivity index (χ2n) is 9.30. The summed E-state index contributed by atoms with van der Waals surface area (Å²) in [5.41, 5.74) is 2.23. The molecule has 3 aliphatic rings. The fourth-order valence-corrected chi connectivity index (χ4v) is 4.76. The number of carbonyl (C=O) groups excluding carboxylic acids is 2. The first-order valence-corrected chi connectivity index (χ1v) is 11.1. The van der Waals surface area contributed by atoms with Gasteiger partial charge in [0.2, 0.25) is 5.91 Å². The van der Waals surface area contributed by atoms with Crippen LogP contribution in [-0.4, -0.2) is 54.5 Å². The van der Waals surface area contributed by atoms with Crippen LogP contribution >= 0.6 is 0 Å². The van der Waals surface area contributed by atoms with E-state index >= 15 is 0 Å². The van der Waals surface area contributed by atoms with Gasteiger partial charge in [0.25, 0.3) is 0 Å². The molecule has 172 valence electrons. The van der Waals surface area contributed by atoms with Gasteiger partial charge in [-0.15, -0.1) is 0 Å². The van der Waals surface area contributed by atoms with Crippen molar-refractivity contribution in [2.45, 2.75) is 37.3 Å². The average Bonchev–Trinajstić information content (AvgIpc) is 3.40. The van der Waals surface area contributed by atoms with E-state index in [-0.39, 0.29) is 25.7 Å². The van der Waals surface area contributed by atoms with Gasteiger partial charge in [0.1, 0.15) is 12.1 Å². The number of benzene rings is 2. The number of hydrogen-bond acceptors (Lipinski definition) is 5. The molecule has 5 rings (SSSR count). The van der Waals surface area contributed by atoms with E-state index in [1.807, 2.05) is 36.4 Å². The Morgan fingerprint density at radius 3 is 2.24 bits per heavy atom. The van der Waals surface area contributed by atoms with Crippen molar-refractivity contribution < 1.29 is 29.0 Å². The van der Waals surface area contributed by atoms with E-state index in [1.165, 1.54) is 0 Å². The number of carboxylic acids is 1. The highest BCUT2D eigenvalue weighted by Gasteiger charge is 2.56. The molecule has 0 bridgehead atoms. The van der Waals surface area contributed by atoms with Crippen molar-refractivity contribution in [3.63, 3.8) is 0 Å². The predicted molar refractivity (Wildman–Crippen MR) is 119 cm³/mol. The summed E-state index contributed by atoms with van der Waals surface area (Å²) in [5, 5.41) is 14.8.